The summed E-state index contributed by atoms with van der Waals surface area (Å²) in [6.45, 7) is 0.329. The lowest BCUT2D eigenvalue weighted by Gasteiger charge is -2.00. The topological polar surface area (TPSA) is 76.0 Å². The highest BCUT2D eigenvalue weighted by Gasteiger charge is 2.06. The molecule has 0 aliphatic rings. The van der Waals surface area contributed by atoms with Crippen molar-refractivity contribution in [2.45, 2.75) is 6.54 Å². The first-order chi connectivity index (χ1) is 9.28. The van der Waals surface area contributed by atoms with Gasteiger partial charge in [-0.3, -0.25) is 4.98 Å². The fourth-order valence-electron chi connectivity index (χ4n) is 1.90. The number of fused-ring (bicyclic) bond motifs is 1. The molecule has 0 saturated heterocycles. The Morgan fingerprint density at radius 2 is 2.26 bits per heavy atom. The number of nitrogens with zero attached hydrogens (tertiary/aromatic N) is 5. The van der Waals surface area contributed by atoms with Gasteiger partial charge in [-0.1, -0.05) is 12.1 Å². The van der Waals surface area contributed by atoms with Gasteiger partial charge in [0.25, 0.3) is 0 Å². The molecule has 6 heteroatoms. The van der Waals surface area contributed by atoms with Crippen molar-refractivity contribution >= 4 is 5.65 Å². The molecular weight excluding hydrogens is 242 g/mol. The molecule has 0 saturated carbocycles. The summed E-state index contributed by atoms with van der Waals surface area (Å²) in [5.41, 5.74) is 1.71. The Morgan fingerprint density at radius 3 is 3.05 bits per heavy atom. The molecule has 0 N–H and O–H groups in total. The van der Waals surface area contributed by atoms with Crippen LogP contribution in [0.3, 0.4) is 0 Å². The second kappa shape index (κ2) is 4.38. The highest BCUT2D eigenvalue weighted by atomic mass is 16.2. The molecular formula is C13H9N5O. The second-order valence-corrected chi connectivity index (χ2v) is 4.06. The van der Waals surface area contributed by atoms with Crippen molar-refractivity contribution in [1.82, 2.24) is 19.2 Å². The fourth-order valence-corrected chi connectivity index (χ4v) is 1.90. The zero-order valence-corrected chi connectivity index (χ0v) is 9.89. The number of hydrogen-bond acceptors (Lipinski definition) is 4. The summed E-state index contributed by atoms with van der Waals surface area (Å²) in [6.07, 6.45) is 4.65. The van der Waals surface area contributed by atoms with E-state index in [0.717, 1.165) is 5.56 Å². The summed E-state index contributed by atoms with van der Waals surface area (Å²) in [5, 5.41) is 13.0. The van der Waals surface area contributed by atoms with E-state index in [0.29, 0.717) is 17.8 Å². The van der Waals surface area contributed by atoms with Crippen LogP contribution in [-0.2, 0) is 6.54 Å². The number of aromatic nitrogens is 4. The molecule has 19 heavy (non-hydrogen) atoms. The predicted octanol–water partition coefficient (Wildman–Crippen LogP) is 0.811. The Labute approximate surface area is 108 Å². The van der Waals surface area contributed by atoms with Crippen LogP contribution in [0.1, 0.15) is 11.1 Å². The van der Waals surface area contributed by atoms with Gasteiger partial charge in [0, 0.05) is 12.4 Å². The number of nitriles is 1. The minimum atomic E-state index is -0.222. The Balaban J connectivity index is 2.04. The maximum Gasteiger partial charge on any atom is 0.350 e. The second-order valence-electron chi connectivity index (χ2n) is 4.06. The van der Waals surface area contributed by atoms with Gasteiger partial charge in [0.1, 0.15) is 0 Å². The zero-order chi connectivity index (χ0) is 13.2. The Morgan fingerprint density at radius 1 is 1.37 bits per heavy atom. The quantitative estimate of drug-likeness (QED) is 0.675. The highest BCUT2D eigenvalue weighted by Crippen LogP contribution is 2.05. The van der Waals surface area contributed by atoms with Gasteiger partial charge < -0.3 is 0 Å². The van der Waals surface area contributed by atoms with Gasteiger partial charge in [0.2, 0.25) is 0 Å². The summed E-state index contributed by atoms with van der Waals surface area (Å²) in [4.78, 5) is 16.0. The third-order valence-corrected chi connectivity index (χ3v) is 2.78. The Kier molecular flexibility index (Phi) is 2.58. The Bertz CT molecular complexity index is 840. The molecule has 0 unspecified atom stereocenters. The minimum Gasteiger partial charge on any atom is -0.259 e. The molecule has 0 fully saturated rings. The fraction of sp³-hybridized carbons (Fsp3) is 0.0769. The molecule has 0 atom stereocenters. The van der Waals surface area contributed by atoms with E-state index in [4.69, 9.17) is 5.26 Å². The molecule has 92 valence electrons. The maximum absolute atomic E-state index is 12.1. The molecule has 3 rings (SSSR count). The van der Waals surface area contributed by atoms with E-state index in [2.05, 4.69) is 16.2 Å². The summed E-state index contributed by atoms with van der Waals surface area (Å²) in [6, 6.07) is 9.18. The van der Waals surface area contributed by atoms with Crippen LogP contribution in [0.15, 0.2) is 47.7 Å². The lowest BCUT2D eigenvalue weighted by atomic mass is 10.1. The molecule has 2 aromatic heterocycles. The van der Waals surface area contributed by atoms with Crippen molar-refractivity contribution in [2.75, 3.05) is 0 Å². The number of rotatable bonds is 2. The normalized spacial score (nSPS) is 10.5. The van der Waals surface area contributed by atoms with Crippen LogP contribution in [0.4, 0.5) is 0 Å². The smallest absolute Gasteiger partial charge is 0.259 e. The Hall–Kier alpha value is -2.94. The van der Waals surface area contributed by atoms with Gasteiger partial charge >= 0.3 is 5.69 Å². The third-order valence-electron chi connectivity index (χ3n) is 2.78. The summed E-state index contributed by atoms with van der Waals surface area (Å²) < 4.78 is 2.79. The van der Waals surface area contributed by atoms with E-state index in [-0.39, 0.29) is 5.69 Å². The van der Waals surface area contributed by atoms with Gasteiger partial charge in [-0.2, -0.15) is 5.26 Å². The van der Waals surface area contributed by atoms with Crippen molar-refractivity contribution in [2.24, 2.45) is 0 Å². The minimum absolute atomic E-state index is 0.222. The third kappa shape index (κ3) is 1.98. The van der Waals surface area contributed by atoms with Crippen molar-refractivity contribution in [3.63, 3.8) is 0 Å². The number of benzene rings is 1. The van der Waals surface area contributed by atoms with Gasteiger partial charge in [-0.15, -0.1) is 5.10 Å². The van der Waals surface area contributed by atoms with E-state index in [1.807, 2.05) is 6.07 Å². The first kappa shape index (κ1) is 11.2. The van der Waals surface area contributed by atoms with Crippen molar-refractivity contribution < 1.29 is 0 Å². The average Bonchev–Trinajstić information content (AvgIpc) is 2.76. The van der Waals surface area contributed by atoms with E-state index < -0.39 is 0 Å². The summed E-state index contributed by atoms with van der Waals surface area (Å²) in [7, 11) is 0. The number of hydrogen-bond donors (Lipinski definition) is 0. The largest absolute Gasteiger partial charge is 0.350 e. The van der Waals surface area contributed by atoms with Crippen molar-refractivity contribution in [3.05, 3.63) is 64.5 Å². The molecule has 0 radical (unpaired) electrons. The van der Waals surface area contributed by atoms with Gasteiger partial charge in [0.05, 0.1) is 24.4 Å². The van der Waals surface area contributed by atoms with Crippen molar-refractivity contribution in [1.29, 1.82) is 5.26 Å². The highest BCUT2D eigenvalue weighted by molar-refractivity contribution is 5.34. The summed E-state index contributed by atoms with van der Waals surface area (Å²) >= 11 is 0. The molecule has 0 aliphatic carbocycles. The van der Waals surface area contributed by atoms with Gasteiger partial charge in [-0.25, -0.2) is 13.9 Å². The molecule has 1 aromatic carbocycles. The standard InChI is InChI=1S/C13H9N5O/c14-7-10-2-1-3-11(6-10)9-18-13(19)17-5-4-15-8-12(17)16-18/h1-6,8H,9H2. The predicted molar refractivity (Wildman–Crippen MR) is 67.5 cm³/mol. The molecule has 6 nitrogen and oxygen atoms in total. The summed E-state index contributed by atoms with van der Waals surface area (Å²) in [5.74, 6) is 0. The monoisotopic (exact) mass is 251 g/mol. The lowest BCUT2D eigenvalue weighted by molar-refractivity contribution is 0.658. The first-order valence-corrected chi connectivity index (χ1v) is 5.66. The maximum atomic E-state index is 12.1. The van der Waals surface area contributed by atoms with E-state index in [9.17, 15) is 4.79 Å². The lowest BCUT2D eigenvalue weighted by Crippen LogP contribution is -2.21. The molecule has 3 aromatic rings. The van der Waals surface area contributed by atoms with Crippen LogP contribution < -0.4 is 5.69 Å². The van der Waals surface area contributed by atoms with Crippen LogP contribution >= 0.6 is 0 Å². The van der Waals surface area contributed by atoms with Crippen LogP contribution in [-0.4, -0.2) is 19.2 Å². The van der Waals surface area contributed by atoms with Crippen LogP contribution in [0.5, 0.6) is 0 Å². The molecule has 0 spiro atoms. The van der Waals surface area contributed by atoms with Gasteiger partial charge in [-0.05, 0) is 17.7 Å². The molecule has 0 aliphatic heterocycles. The first-order valence-electron chi connectivity index (χ1n) is 5.66. The molecule has 0 bridgehead atoms. The molecule has 0 amide bonds. The zero-order valence-electron chi connectivity index (χ0n) is 9.89. The van der Waals surface area contributed by atoms with E-state index >= 15 is 0 Å². The van der Waals surface area contributed by atoms with Crippen LogP contribution in [0.2, 0.25) is 0 Å². The van der Waals surface area contributed by atoms with Gasteiger partial charge in [0.15, 0.2) is 5.65 Å². The van der Waals surface area contributed by atoms with Crippen molar-refractivity contribution in [3.8, 4) is 6.07 Å². The van der Waals surface area contributed by atoms with Crippen LogP contribution in [0.25, 0.3) is 5.65 Å². The van der Waals surface area contributed by atoms with E-state index in [1.54, 1.807) is 24.4 Å². The van der Waals surface area contributed by atoms with E-state index in [1.165, 1.54) is 21.5 Å². The van der Waals surface area contributed by atoms with Crippen LogP contribution in [0, 0.1) is 11.3 Å². The average molecular weight is 251 g/mol. The SMILES string of the molecule is N#Cc1cccc(Cn2nc3cnccn3c2=O)c1. The molecule has 2 heterocycles.